The Morgan fingerprint density at radius 1 is 1.22 bits per heavy atom. The predicted octanol–water partition coefficient (Wildman–Crippen LogP) is 2.08. The average Bonchev–Trinajstić information content (AvgIpc) is 2.11. The van der Waals surface area contributed by atoms with Gasteiger partial charge in [0, 0.05) is 19.0 Å². The van der Waals surface area contributed by atoms with Gasteiger partial charge in [-0.3, -0.25) is 0 Å². The molecule has 0 radical (unpaired) electrons. The van der Waals surface area contributed by atoms with Crippen LogP contribution in [0.1, 0.15) is 34.6 Å². The third-order valence-corrected chi connectivity index (χ3v) is 5.38. The lowest BCUT2D eigenvalue weighted by molar-refractivity contribution is -0.163. The van der Waals surface area contributed by atoms with E-state index in [1.165, 1.54) is 0 Å². The van der Waals surface area contributed by atoms with Crippen LogP contribution in [-0.4, -0.2) is 48.6 Å². The Bertz CT molecular complexity index is 376. The minimum atomic E-state index is -3.27. The molecular weight excluding hydrogens is 274 g/mol. The second kappa shape index (κ2) is 5.27. The molecule has 0 aromatic rings. The van der Waals surface area contributed by atoms with E-state index in [-0.39, 0.29) is 11.7 Å². The molecule has 0 bridgehead atoms. The molecule has 1 aliphatic heterocycles. The van der Waals surface area contributed by atoms with Crippen molar-refractivity contribution in [2.75, 3.05) is 24.7 Å². The van der Waals surface area contributed by atoms with E-state index in [9.17, 15) is 8.42 Å². The highest BCUT2D eigenvalue weighted by atomic mass is 35.5. The number of halogens is 1. The zero-order valence-electron chi connectivity index (χ0n) is 11.9. The molecule has 1 aliphatic rings. The van der Waals surface area contributed by atoms with Crippen molar-refractivity contribution in [2.24, 2.45) is 5.92 Å². The van der Waals surface area contributed by atoms with Gasteiger partial charge in [-0.15, -0.1) is 11.6 Å². The Labute approximate surface area is 116 Å². The van der Waals surface area contributed by atoms with Crippen LogP contribution in [0.15, 0.2) is 0 Å². The lowest BCUT2D eigenvalue weighted by Gasteiger charge is -2.46. The fourth-order valence-corrected chi connectivity index (χ4v) is 4.73. The van der Waals surface area contributed by atoms with E-state index in [4.69, 9.17) is 16.3 Å². The van der Waals surface area contributed by atoms with Crippen molar-refractivity contribution < 1.29 is 13.2 Å². The maximum atomic E-state index is 12.3. The first-order valence-corrected chi connectivity index (χ1v) is 8.36. The Morgan fingerprint density at radius 3 is 2.06 bits per heavy atom. The van der Waals surface area contributed by atoms with Crippen LogP contribution in [0.2, 0.25) is 0 Å². The highest BCUT2D eigenvalue weighted by Crippen LogP contribution is 2.30. The van der Waals surface area contributed by atoms with Crippen LogP contribution in [0.3, 0.4) is 0 Å². The molecule has 0 N–H and O–H groups in total. The molecule has 4 nitrogen and oxygen atoms in total. The summed E-state index contributed by atoms with van der Waals surface area (Å²) >= 11 is 5.70. The summed E-state index contributed by atoms with van der Waals surface area (Å²) in [6.45, 7) is 10.3. The van der Waals surface area contributed by atoms with E-state index >= 15 is 0 Å². The number of rotatable bonds is 4. The Balaban J connectivity index is 2.88. The lowest BCUT2D eigenvalue weighted by Crippen LogP contribution is -2.59. The molecule has 1 atom stereocenters. The number of hydrogen-bond acceptors (Lipinski definition) is 3. The van der Waals surface area contributed by atoms with Gasteiger partial charge in [0.25, 0.3) is 0 Å². The van der Waals surface area contributed by atoms with Gasteiger partial charge in [-0.1, -0.05) is 6.92 Å². The van der Waals surface area contributed by atoms with Crippen LogP contribution in [0.5, 0.6) is 0 Å². The van der Waals surface area contributed by atoms with Gasteiger partial charge in [0.15, 0.2) is 0 Å². The number of hydrogen-bond donors (Lipinski definition) is 0. The SMILES string of the molecule is CC(CCl)CS(=O)(=O)N1CC(C)(C)OC(C)(C)C1. The summed E-state index contributed by atoms with van der Waals surface area (Å²) in [6, 6.07) is 0. The van der Waals surface area contributed by atoms with Gasteiger partial charge >= 0.3 is 0 Å². The van der Waals surface area contributed by atoms with Gasteiger partial charge < -0.3 is 4.74 Å². The number of alkyl halides is 1. The highest BCUT2D eigenvalue weighted by molar-refractivity contribution is 7.89. The zero-order chi connectivity index (χ0) is 14.2. The zero-order valence-corrected chi connectivity index (χ0v) is 13.4. The second-order valence-electron chi connectivity index (χ2n) is 6.43. The molecule has 1 saturated heterocycles. The van der Waals surface area contributed by atoms with Crippen molar-refractivity contribution in [1.82, 2.24) is 4.31 Å². The molecule has 1 fully saturated rings. The molecule has 0 aromatic carbocycles. The third-order valence-electron chi connectivity index (χ3n) is 2.82. The van der Waals surface area contributed by atoms with Crippen LogP contribution < -0.4 is 0 Å². The van der Waals surface area contributed by atoms with Crippen LogP contribution >= 0.6 is 11.6 Å². The summed E-state index contributed by atoms with van der Waals surface area (Å²) in [4.78, 5) is 0. The standard InChI is InChI=1S/C12H24ClNO3S/c1-10(6-13)7-18(15,16)14-8-11(2,3)17-12(4,5)9-14/h10H,6-9H2,1-5H3. The van der Waals surface area contributed by atoms with Crippen molar-refractivity contribution in [3.8, 4) is 0 Å². The minimum Gasteiger partial charge on any atom is -0.367 e. The number of sulfonamides is 1. The molecule has 18 heavy (non-hydrogen) atoms. The molecule has 1 unspecified atom stereocenters. The summed E-state index contributed by atoms with van der Waals surface area (Å²) in [5, 5.41) is 0. The largest absolute Gasteiger partial charge is 0.367 e. The quantitative estimate of drug-likeness (QED) is 0.747. The van der Waals surface area contributed by atoms with Crippen LogP contribution in [-0.2, 0) is 14.8 Å². The van der Waals surface area contributed by atoms with Gasteiger partial charge in [0.05, 0.1) is 17.0 Å². The van der Waals surface area contributed by atoms with Gasteiger partial charge in [0.2, 0.25) is 10.0 Å². The summed E-state index contributed by atoms with van der Waals surface area (Å²) in [5.74, 6) is 0.421. The van der Waals surface area contributed by atoms with Crippen LogP contribution in [0, 0.1) is 5.92 Å². The molecule has 1 rings (SSSR count). The van der Waals surface area contributed by atoms with Crippen molar-refractivity contribution in [2.45, 2.75) is 45.8 Å². The maximum Gasteiger partial charge on any atom is 0.214 e. The number of morpholine rings is 1. The molecule has 0 saturated carbocycles. The third kappa shape index (κ3) is 4.37. The summed E-state index contributed by atoms with van der Waals surface area (Å²) in [5.41, 5.74) is -0.919. The maximum absolute atomic E-state index is 12.3. The molecular formula is C12H24ClNO3S. The van der Waals surface area contributed by atoms with E-state index in [2.05, 4.69) is 0 Å². The molecule has 0 aliphatic carbocycles. The van der Waals surface area contributed by atoms with Gasteiger partial charge in [-0.05, 0) is 33.6 Å². The van der Waals surface area contributed by atoms with E-state index in [0.717, 1.165) is 0 Å². The van der Waals surface area contributed by atoms with Crippen molar-refractivity contribution in [1.29, 1.82) is 0 Å². The minimum absolute atomic E-state index is 0.0364. The smallest absolute Gasteiger partial charge is 0.214 e. The first-order valence-electron chi connectivity index (χ1n) is 6.21. The van der Waals surface area contributed by atoms with Gasteiger partial charge in [-0.2, -0.15) is 4.31 Å². The van der Waals surface area contributed by atoms with E-state index in [1.54, 1.807) is 4.31 Å². The monoisotopic (exact) mass is 297 g/mol. The predicted molar refractivity (Wildman–Crippen MR) is 74.5 cm³/mol. The molecule has 1 heterocycles. The Morgan fingerprint density at radius 2 is 1.67 bits per heavy atom. The van der Waals surface area contributed by atoms with Crippen LogP contribution in [0.4, 0.5) is 0 Å². The van der Waals surface area contributed by atoms with E-state index in [0.29, 0.717) is 19.0 Å². The first kappa shape index (κ1) is 16.2. The molecule has 0 spiro atoms. The Hall–Kier alpha value is 0.160. The average molecular weight is 298 g/mol. The molecule has 0 amide bonds. The van der Waals surface area contributed by atoms with Crippen LogP contribution in [0.25, 0.3) is 0 Å². The molecule has 108 valence electrons. The van der Waals surface area contributed by atoms with E-state index in [1.807, 2.05) is 34.6 Å². The normalized spacial score (nSPS) is 25.9. The summed E-state index contributed by atoms with van der Waals surface area (Å²) in [7, 11) is -3.27. The molecule has 0 aromatic heterocycles. The van der Waals surface area contributed by atoms with Crippen molar-refractivity contribution >= 4 is 21.6 Å². The highest BCUT2D eigenvalue weighted by Gasteiger charge is 2.42. The number of ether oxygens (including phenoxy) is 1. The fourth-order valence-electron chi connectivity index (χ4n) is 2.42. The topological polar surface area (TPSA) is 46.6 Å². The van der Waals surface area contributed by atoms with E-state index < -0.39 is 21.2 Å². The number of nitrogens with zero attached hydrogens (tertiary/aromatic N) is 1. The van der Waals surface area contributed by atoms with Crippen molar-refractivity contribution in [3.63, 3.8) is 0 Å². The van der Waals surface area contributed by atoms with Crippen molar-refractivity contribution in [3.05, 3.63) is 0 Å². The fraction of sp³-hybridized carbons (Fsp3) is 1.00. The van der Waals surface area contributed by atoms with Gasteiger partial charge in [-0.25, -0.2) is 8.42 Å². The molecule has 6 heteroatoms. The first-order chi connectivity index (χ1) is 7.97. The summed E-state index contributed by atoms with van der Waals surface area (Å²) in [6.07, 6.45) is 0. The second-order valence-corrected chi connectivity index (χ2v) is 8.75. The van der Waals surface area contributed by atoms with Gasteiger partial charge in [0.1, 0.15) is 0 Å². The Kier molecular flexibility index (Phi) is 4.75. The summed E-state index contributed by atoms with van der Waals surface area (Å²) < 4.78 is 32.1. The lowest BCUT2D eigenvalue weighted by atomic mass is 10.0.